The average molecular weight is 326 g/mol. The summed E-state index contributed by atoms with van der Waals surface area (Å²) in [6, 6.07) is 6.45. The Hall–Kier alpha value is -1.77. The number of rotatable bonds is 5. The van der Waals surface area contributed by atoms with Crippen molar-refractivity contribution in [2.75, 3.05) is 11.9 Å². The fourth-order valence-corrected chi connectivity index (χ4v) is 4.23. The Morgan fingerprint density at radius 1 is 1.25 bits per heavy atom. The van der Waals surface area contributed by atoms with E-state index in [4.69, 9.17) is 0 Å². The SMILES string of the molecule is CCC(C)N(CC1CC2C=CC1C2)C(=O)Nc1c(C)cccc1C. The first-order chi connectivity index (χ1) is 11.5. The molecule has 0 radical (unpaired) electrons. The van der Waals surface area contributed by atoms with Crippen molar-refractivity contribution in [3.63, 3.8) is 0 Å². The highest BCUT2D eigenvalue weighted by atomic mass is 16.2. The van der Waals surface area contributed by atoms with E-state index >= 15 is 0 Å². The molecule has 2 bridgehead atoms. The fraction of sp³-hybridized carbons (Fsp3) is 0.571. The molecule has 0 aromatic heterocycles. The monoisotopic (exact) mass is 326 g/mol. The molecule has 1 N–H and O–H groups in total. The van der Waals surface area contributed by atoms with Gasteiger partial charge in [0.15, 0.2) is 0 Å². The second-order valence-corrected chi connectivity index (χ2v) is 7.65. The third kappa shape index (κ3) is 3.35. The van der Waals surface area contributed by atoms with Crippen LogP contribution in [0, 0.1) is 31.6 Å². The number of fused-ring (bicyclic) bond motifs is 2. The van der Waals surface area contributed by atoms with Crippen LogP contribution in [0.5, 0.6) is 0 Å². The molecule has 1 aromatic carbocycles. The molecule has 130 valence electrons. The highest BCUT2D eigenvalue weighted by molar-refractivity contribution is 5.91. The van der Waals surface area contributed by atoms with E-state index in [1.807, 2.05) is 6.07 Å². The molecule has 3 rings (SSSR count). The van der Waals surface area contributed by atoms with E-state index in [1.165, 1.54) is 12.8 Å². The van der Waals surface area contributed by atoms with Crippen LogP contribution in [0.25, 0.3) is 0 Å². The van der Waals surface area contributed by atoms with E-state index in [2.05, 4.69) is 62.2 Å². The average Bonchev–Trinajstić information content (AvgIpc) is 3.18. The van der Waals surface area contributed by atoms with Crippen LogP contribution in [-0.2, 0) is 0 Å². The summed E-state index contributed by atoms with van der Waals surface area (Å²) in [6.07, 6.45) is 8.25. The topological polar surface area (TPSA) is 32.3 Å². The molecule has 0 aliphatic heterocycles. The normalized spacial score (nSPS) is 25.8. The Bertz CT molecular complexity index is 616. The van der Waals surface area contributed by atoms with Gasteiger partial charge in [0.05, 0.1) is 0 Å². The quantitative estimate of drug-likeness (QED) is 0.746. The lowest BCUT2D eigenvalue weighted by Crippen LogP contribution is -2.44. The first kappa shape index (κ1) is 17.1. The van der Waals surface area contributed by atoms with E-state index in [0.29, 0.717) is 11.8 Å². The number of carbonyl (C=O) groups is 1. The van der Waals surface area contributed by atoms with Crippen LogP contribution in [0.4, 0.5) is 10.5 Å². The van der Waals surface area contributed by atoms with E-state index in [-0.39, 0.29) is 12.1 Å². The first-order valence-corrected chi connectivity index (χ1v) is 9.31. The van der Waals surface area contributed by atoms with E-state index in [0.717, 1.165) is 35.7 Å². The molecule has 2 amide bonds. The zero-order valence-electron chi connectivity index (χ0n) is 15.4. The number of urea groups is 1. The number of amides is 2. The first-order valence-electron chi connectivity index (χ1n) is 9.31. The van der Waals surface area contributed by atoms with Crippen LogP contribution in [0.3, 0.4) is 0 Å². The maximum Gasteiger partial charge on any atom is 0.322 e. The van der Waals surface area contributed by atoms with Gasteiger partial charge in [-0.05, 0) is 68.9 Å². The smallest absolute Gasteiger partial charge is 0.322 e. The van der Waals surface area contributed by atoms with Crippen molar-refractivity contribution >= 4 is 11.7 Å². The van der Waals surface area contributed by atoms with Crippen molar-refractivity contribution in [3.8, 4) is 0 Å². The minimum absolute atomic E-state index is 0.0495. The molecule has 4 unspecified atom stereocenters. The second kappa shape index (κ2) is 7.00. The number of hydrogen-bond acceptors (Lipinski definition) is 1. The zero-order chi connectivity index (χ0) is 17.3. The van der Waals surface area contributed by atoms with Gasteiger partial charge in [0, 0.05) is 18.3 Å². The molecule has 4 atom stereocenters. The Kier molecular flexibility index (Phi) is 4.98. The van der Waals surface area contributed by atoms with Gasteiger partial charge in [-0.2, -0.15) is 0 Å². The fourth-order valence-electron chi connectivity index (χ4n) is 4.23. The predicted molar refractivity (Wildman–Crippen MR) is 100 cm³/mol. The minimum Gasteiger partial charge on any atom is -0.322 e. The minimum atomic E-state index is 0.0495. The zero-order valence-corrected chi connectivity index (χ0v) is 15.4. The molecule has 0 spiro atoms. The second-order valence-electron chi connectivity index (χ2n) is 7.65. The van der Waals surface area contributed by atoms with Crippen LogP contribution in [0.1, 0.15) is 44.2 Å². The van der Waals surface area contributed by atoms with Crippen LogP contribution < -0.4 is 5.32 Å². The summed E-state index contributed by atoms with van der Waals surface area (Å²) in [7, 11) is 0. The van der Waals surface area contributed by atoms with Gasteiger partial charge in [0.2, 0.25) is 0 Å². The van der Waals surface area contributed by atoms with E-state index in [1.54, 1.807) is 0 Å². The summed E-state index contributed by atoms with van der Waals surface area (Å²) in [6.45, 7) is 9.29. The van der Waals surface area contributed by atoms with Crippen LogP contribution in [0.15, 0.2) is 30.4 Å². The van der Waals surface area contributed by atoms with Crippen molar-refractivity contribution in [1.29, 1.82) is 0 Å². The Morgan fingerprint density at radius 3 is 2.50 bits per heavy atom. The molecule has 24 heavy (non-hydrogen) atoms. The van der Waals surface area contributed by atoms with Crippen LogP contribution in [0.2, 0.25) is 0 Å². The van der Waals surface area contributed by atoms with E-state index < -0.39 is 0 Å². The number of carbonyl (C=O) groups excluding carboxylic acids is 1. The largest absolute Gasteiger partial charge is 0.322 e. The summed E-state index contributed by atoms with van der Waals surface area (Å²) >= 11 is 0. The Labute approximate surface area is 146 Å². The maximum atomic E-state index is 13.0. The number of hydrogen-bond donors (Lipinski definition) is 1. The number of benzene rings is 1. The third-order valence-corrected chi connectivity index (χ3v) is 5.94. The number of para-hydroxylation sites is 1. The van der Waals surface area contributed by atoms with Gasteiger partial charge < -0.3 is 10.2 Å². The van der Waals surface area contributed by atoms with Crippen molar-refractivity contribution in [1.82, 2.24) is 4.90 Å². The molecule has 2 aliphatic rings. The summed E-state index contributed by atoms with van der Waals surface area (Å²) in [5.41, 5.74) is 3.20. The lowest BCUT2D eigenvalue weighted by atomic mass is 9.92. The van der Waals surface area contributed by atoms with Gasteiger partial charge in [-0.25, -0.2) is 4.79 Å². The highest BCUT2D eigenvalue weighted by Crippen LogP contribution is 2.43. The number of nitrogens with one attached hydrogen (secondary N) is 1. The van der Waals surface area contributed by atoms with Gasteiger partial charge in [-0.3, -0.25) is 0 Å². The standard InChI is InChI=1S/C21H30N2O/c1-5-16(4)23(13-19-12-17-9-10-18(19)11-17)21(24)22-20-14(2)7-6-8-15(20)3/h6-10,16-19H,5,11-13H2,1-4H3,(H,22,24). The molecule has 1 aromatic rings. The number of allylic oxidation sites excluding steroid dienone is 2. The van der Waals surface area contributed by atoms with Crippen molar-refractivity contribution in [2.45, 2.75) is 53.0 Å². The van der Waals surface area contributed by atoms with Gasteiger partial charge in [-0.15, -0.1) is 0 Å². The summed E-state index contributed by atoms with van der Waals surface area (Å²) in [4.78, 5) is 15.1. The summed E-state index contributed by atoms with van der Waals surface area (Å²) in [5.74, 6) is 2.05. The molecular weight excluding hydrogens is 296 g/mol. The summed E-state index contributed by atoms with van der Waals surface area (Å²) in [5, 5.41) is 3.18. The molecule has 0 saturated heterocycles. The molecule has 1 saturated carbocycles. The molecule has 3 heteroatoms. The molecule has 2 aliphatic carbocycles. The number of anilines is 1. The lowest BCUT2D eigenvalue weighted by molar-refractivity contribution is 0.171. The lowest BCUT2D eigenvalue weighted by Gasteiger charge is -2.33. The Balaban J connectivity index is 1.73. The Morgan fingerprint density at radius 2 is 1.96 bits per heavy atom. The predicted octanol–water partition coefficient (Wildman–Crippen LogP) is 5.15. The molecule has 1 fully saturated rings. The number of nitrogens with zero attached hydrogens (tertiary/aromatic N) is 1. The van der Waals surface area contributed by atoms with Crippen molar-refractivity contribution in [2.24, 2.45) is 17.8 Å². The third-order valence-electron chi connectivity index (χ3n) is 5.94. The van der Waals surface area contributed by atoms with Gasteiger partial charge in [0.25, 0.3) is 0 Å². The van der Waals surface area contributed by atoms with Crippen LogP contribution in [-0.4, -0.2) is 23.5 Å². The highest BCUT2D eigenvalue weighted by Gasteiger charge is 2.37. The van der Waals surface area contributed by atoms with E-state index in [9.17, 15) is 4.79 Å². The van der Waals surface area contributed by atoms with Crippen molar-refractivity contribution in [3.05, 3.63) is 41.5 Å². The molecular formula is C21H30N2O. The van der Waals surface area contributed by atoms with Crippen molar-refractivity contribution < 1.29 is 4.79 Å². The van der Waals surface area contributed by atoms with Crippen LogP contribution >= 0.6 is 0 Å². The summed E-state index contributed by atoms with van der Waals surface area (Å²) < 4.78 is 0. The molecule has 0 heterocycles. The van der Waals surface area contributed by atoms with Gasteiger partial charge in [0.1, 0.15) is 0 Å². The molecule has 3 nitrogen and oxygen atoms in total. The number of aryl methyl sites for hydroxylation is 2. The van der Waals surface area contributed by atoms with Gasteiger partial charge in [-0.1, -0.05) is 37.3 Å². The maximum absolute atomic E-state index is 13.0. The van der Waals surface area contributed by atoms with Gasteiger partial charge >= 0.3 is 6.03 Å².